The van der Waals surface area contributed by atoms with Gasteiger partial charge in [0.25, 0.3) is 0 Å². The summed E-state index contributed by atoms with van der Waals surface area (Å²) in [6, 6.07) is 7.72. The minimum Gasteiger partial charge on any atom is -0.478 e. The largest absolute Gasteiger partial charge is 0.478 e. The SMILES string of the molecule is CSc1cccc(C=CC(=O)O)c1. The number of carboxylic acid groups (broad SMARTS) is 1. The molecule has 0 unspecified atom stereocenters. The molecule has 68 valence electrons. The van der Waals surface area contributed by atoms with Crippen LogP contribution < -0.4 is 0 Å². The second-order valence-corrected chi connectivity index (χ2v) is 3.33. The van der Waals surface area contributed by atoms with Gasteiger partial charge >= 0.3 is 5.97 Å². The molecule has 1 aromatic rings. The number of rotatable bonds is 3. The molecular weight excluding hydrogens is 184 g/mol. The average molecular weight is 194 g/mol. The summed E-state index contributed by atoms with van der Waals surface area (Å²) < 4.78 is 0. The molecule has 0 atom stereocenters. The predicted molar refractivity (Wildman–Crippen MR) is 54.9 cm³/mol. The van der Waals surface area contributed by atoms with Crippen LogP contribution in [0.25, 0.3) is 6.08 Å². The molecule has 1 rings (SSSR count). The summed E-state index contributed by atoms with van der Waals surface area (Å²) in [4.78, 5) is 11.4. The Labute approximate surface area is 81.3 Å². The fraction of sp³-hybridized carbons (Fsp3) is 0.100. The van der Waals surface area contributed by atoms with Crippen LogP contribution in [0.2, 0.25) is 0 Å². The molecule has 0 aliphatic rings. The molecule has 0 aliphatic carbocycles. The first-order valence-corrected chi connectivity index (χ1v) is 5.00. The van der Waals surface area contributed by atoms with Gasteiger partial charge in [-0.25, -0.2) is 4.79 Å². The zero-order valence-corrected chi connectivity index (χ0v) is 8.04. The van der Waals surface area contributed by atoms with Gasteiger partial charge < -0.3 is 5.11 Å². The predicted octanol–water partition coefficient (Wildman–Crippen LogP) is 2.51. The Hall–Kier alpha value is -1.22. The number of thioether (sulfide) groups is 1. The van der Waals surface area contributed by atoms with Crippen LogP contribution in [0.15, 0.2) is 35.2 Å². The summed E-state index contributed by atoms with van der Waals surface area (Å²) in [6.07, 6.45) is 4.71. The minimum absolute atomic E-state index is 0.911. The molecule has 0 heterocycles. The first-order chi connectivity index (χ1) is 6.22. The van der Waals surface area contributed by atoms with Gasteiger partial charge in [0.05, 0.1) is 0 Å². The Morgan fingerprint density at radius 2 is 2.31 bits per heavy atom. The molecule has 13 heavy (non-hydrogen) atoms. The van der Waals surface area contributed by atoms with Gasteiger partial charge in [-0.15, -0.1) is 11.8 Å². The minimum atomic E-state index is -0.922. The summed E-state index contributed by atoms with van der Waals surface area (Å²) in [6.45, 7) is 0. The van der Waals surface area contributed by atoms with Gasteiger partial charge in [-0.3, -0.25) is 0 Å². The van der Waals surface area contributed by atoms with Crippen molar-refractivity contribution in [2.24, 2.45) is 0 Å². The van der Waals surface area contributed by atoms with Crippen LogP contribution in [0.3, 0.4) is 0 Å². The van der Waals surface area contributed by atoms with E-state index in [0.717, 1.165) is 16.5 Å². The number of carboxylic acids is 1. The normalized spacial score (nSPS) is 10.5. The van der Waals surface area contributed by atoms with E-state index in [9.17, 15) is 4.79 Å². The molecule has 0 aromatic heterocycles. The van der Waals surface area contributed by atoms with Crippen molar-refractivity contribution in [3.63, 3.8) is 0 Å². The van der Waals surface area contributed by atoms with E-state index < -0.39 is 5.97 Å². The highest BCUT2D eigenvalue weighted by atomic mass is 32.2. The monoisotopic (exact) mass is 194 g/mol. The first-order valence-electron chi connectivity index (χ1n) is 3.77. The molecule has 0 bridgehead atoms. The lowest BCUT2D eigenvalue weighted by atomic mass is 10.2. The van der Waals surface area contributed by atoms with Crippen LogP contribution in [0, 0.1) is 0 Å². The summed E-state index contributed by atoms with van der Waals surface area (Å²) in [7, 11) is 0. The lowest BCUT2D eigenvalue weighted by Crippen LogP contribution is -1.85. The van der Waals surface area contributed by atoms with Gasteiger partial charge in [-0.1, -0.05) is 12.1 Å². The summed E-state index contributed by atoms with van der Waals surface area (Å²) in [5.74, 6) is -0.922. The van der Waals surface area contributed by atoms with E-state index in [1.54, 1.807) is 17.8 Å². The highest BCUT2D eigenvalue weighted by molar-refractivity contribution is 7.98. The summed E-state index contributed by atoms with van der Waals surface area (Å²) in [5.41, 5.74) is 0.911. The standard InChI is InChI=1S/C10H10O2S/c1-13-9-4-2-3-8(7-9)5-6-10(11)12/h2-7H,1H3,(H,11,12). The third-order valence-electron chi connectivity index (χ3n) is 1.51. The molecule has 0 amide bonds. The highest BCUT2D eigenvalue weighted by Crippen LogP contribution is 2.16. The van der Waals surface area contributed by atoms with E-state index in [0.29, 0.717) is 0 Å². The molecule has 0 aliphatic heterocycles. The molecule has 0 spiro atoms. The van der Waals surface area contributed by atoms with Crippen molar-refractivity contribution in [2.75, 3.05) is 6.26 Å². The van der Waals surface area contributed by atoms with Crippen molar-refractivity contribution in [1.82, 2.24) is 0 Å². The van der Waals surface area contributed by atoms with Crippen LogP contribution >= 0.6 is 11.8 Å². The highest BCUT2D eigenvalue weighted by Gasteiger charge is 1.91. The molecule has 0 radical (unpaired) electrons. The van der Waals surface area contributed by atoms with Crippen molar-refractivity contribution in [3.8, 4) is 0 Å². The second-order valence-electron chi connectivity index (χ2n) is 2.45. The quantitative estimate of drug-likeness (QED) is 0.593. The molecule has 0 saturated heterocycles. The van der Waals surface area contributed by atoms with Crippen molar-refractivity contribution < 1.29 is 9.90 Å². The van der Waals surface area contributed by atoms with Crippen LogP contribution in [0.5, 0.6) is 0 Å². The lowest BCUT2D eigenvalue weighted by molar-refractivity contribution is -0.131. The van der Waals surface area contributed by atoms with Crippen molar-refractivity contribution in [3.05, 3.63) is 35.9 Å². The Balaban J connectivity index is 2.83. The first kappa shape index (κ1) is 9.86. The van der Waals surface area contributed by atoms with E-state index in [1.807, 2.05) is 30.5 Å². The molecule has 0 fully saturated rings. The van der Waals surface area contributed by atoms with Crippen molar-refractivity contribution in [2.45, 2.75) is 4.90 Å². The maximum Gasteiger partial charge on any atom is 0.328 e. The average Bonchev–Trinajstić information content (AvgIpc) is 2.15. The molecule has 0 saturated carbocycles. The van der Waals surface area contributed by atoms with Crippen LogP contribution in [0.4, 0.5) is 0 Å². The lowest BCUT2D eigenvalue weighted by Gasteiger charge is -1.96. The smallest absolute Gasteiger partial charge is 0.328 e. The number of benzene rings is 1. The van der Waals surface area contributed by atoms with Crippen molar-refractivity contribution in [1.29, 1.82) is 0 Å². The maximum atomic E-state index is 10.2. The van der Waals surface area contributed by atoms with Gasteiger partial charge in [0.15, 0.2) is 0 Å². The van der Waals surface area contributed by atoms with Gasteiger partial charge in [0.1, 0.15) is 0 Å². The van der Waals surface area contributed by atoms with Crippen LogP contribution in [-0.2, 0) is 4.79 Å². The Morgan fingerprint density at radius 3 is 2.92 bits per heavy atom. The molecule has 3 heteroatoms. The topological polar surface area (TPSA) is 37.3 Å². The van der Waals surface area contributed by atoms with E-state index in [2.05, 4.69) is 0 Å². The number of hydrogen-bond acceptors (Lipinski definition) is 2. The van der Waals surface area contributed by atoms with Crippen LogP contribution in [-0.4, -0.2) is 17.3 Å². The Bertz CT molecular complexity index is 331. The van der Waals surface area contributed by atoms with E-state index in [-0.39, 0.29) is 0 Å². The maximum absolute atomic E-state index is 10.2. The second kappa shape index (κ2) is 4.72. The third kappa shape index (κ3) is 3.34. The third-order valence-corrected chi connectivity index (χ3v) is 2.24. The number of aliphatic carboxylic acids is 1. The van der Waals surface area contributed by atoms with E-state index >= 15 is 0 Å². The molecule has 1 aromatic carbocycles. The molecule has 1 N–H and O–H groups in total. The fourth-order valence-corrected chi connectivity index (χ4v) is 1.38. The van der Waals surface area contributed by atoms with Crippen LogP contribution in [0.1, 0.15) is 5.56 Å². The van der Waals surface area contributed by atoms with E-state index in [4.69, 9.17) is 5.11 Å². The van der Waals surface area contributed by atoms with Gasteiger partial charge in [-0.05, 0) is 30.0 Å². The fourth-order valence-electron chi connectivity index (χ4n) is 0.913. The summed E-state index contributed by atoms with van der Waals surface area (Å²) in [5, 5.41) is 8.41. The number of carbonyl (C=O) groups is 1. The van der Waals surface area contributed by atoms with E-state index in [1.165, 1.54) is 0 Å². The Morgan fingerprint density at radius 1 is 1.54 bits per heavy atom. The van der Waals surface area contributed by atoms with Gasteiger partial charge in [0, 0.05) is 11.0 Å². The molecular formula is C10H10O2S. The van der Waals surface area contributed by atoms with Gasteiger partial charge in [0.2, 0.25) is 0 Å². The summed E-state index contributed by atoms with van der Waals surface area (Å²) >= 11 is 1.64. The van der Waals surface area contributed by atoms with Crippen molar-refractivity contribution >= 4 is 23.8 Å². The Kier molecular flexibility index (Phi) is 3.58. The van der Waals surface area contributed by atoms with Gasteiger partial charge in [-0.2, -0.15) is 0 Å². The molecule has 2 nitrogen and oxygen atoms in total. The zero-order valence-electron chi connectivity index (χ0n) is 7.23. The number of hydrogen-bond donors (Lipinski definition) is 1. The zero-order chi connectivity index (χ0) is 9.68.